The zero-order chi connectivity index (χ0) is 16.4. The van der Waals surface area contributed by atoms with Gasteiger partial charge in [0.1, 0.15) is 6.04 Å². The van der Waals surface area contributed by atoms with Gasteiger partial charge < -0.3 is 21.9 Å². The number of rotatable bonds is 5. The molecular weight excluding hydrogens is 274 g/mol. The Labute approximate surface area is 124 Å². The topological polar surface area (TPSA) is 136 Å². The molecular formula is C14H25N3O4. The van der Waals surface area contributed by atoms with Gasteiger partial charge in [0.15, 0.2) is 0 Å². The van der Waals surface area contributed by atoms with Crippen molar-refractivity contribution in [1.29, 1.82) is 0 Å². The van der Waals surface area contributed by atoms with Crippen LogP contribution in [0.15, 0.2) is 0 Å². The smallest absolute Gasteiger partial charge is 0.326 e. The van der Waals surface area contributed by atoms with E-state index in [1.807, 2.05) is 20.8 Å². The quantitative estimate of drug-likeness (QED) is 0.559. The summed E-state index contributed by atoms with van der Waals surface area (Å²) in [6, 6.07) is -1.25. The van der Waals surface area contributed by atoms with E-state index in [1.165, 1.54) is 0 Å². The summed E-state index contributed by atoms with van der Waals surface area (Å²) in [6.07, 6.45) is 0.910. The lowest BCUT2D eigenvalue weighted by atomic mass is 9.61. The van der Waals surface area contributed by atoms with Crippen LogP contribution in [0.2, 0.25) is 0 Å². The second kappa shape index (κ2) is 6.43. The number of carbonyl (C=O) groups excluding carboxylic acids is 2. The van der Waals surface area contributed by atoms with Crippen LogP contribution in [0.3, 0.4) is 0 Å². The molecule has 7 heteroatoms. The van der Waals surface area contributed by atoms with Crippen molar-refractivity contribution in [2.24, 2.45) is 28.7 Å². The van der Waals surface area contributed by atoms with E-state index in [2.05, 4.69) is 5.32 Å². The second-order valence-electron chi connectivity index (χ2n) is 6.47. The van der Waals surface area contributed by atoms with E-state index in [4.69, 9.17) is 16.6 Å². The predicted molar refractivity (Wildman–Crippen MR) is 77.0 cm³/mol. The van der Waals surface area contributed by atoms with Crippen LogP contribution in [0.1, 0.15) is 40.0 Å². The Bertz CT molecular complexity index is 436. The summed E-state index contributed by atoms with van der Waals surface area (Å²) in [7, 11) is 0. The maximum atomic E-state index is 12.4. The van der Waals surface area contributed by atoms with E-state index >= 15 is 0 Å². The van der Waals surface area contributed by atoms with E-state index in [1.54, 1.807) is 0 Å². The molecule has 3 unspecified atom stereocenters. The Balaban J connectivity index is 2.82. The van der Waals surface area contributed by atoms with Gasteiger partial charge in [0.25, 0.3) is 0 Å². The van der Waals surface area contributed by atoms with Crippen LogP contribution in [-0.4, -0.2) is 35.0 Å². The third kappa shape index (κ3) is 3.93. The van der Waals surface area contributed by atoms with Crippen molar-refractivity contribution in [2.75, 3.05) is 0 Å². The van der Waals surface area contributed by atoms with Crippen molar-refractivity contribution in [3.05, 3.63) is 0 Å². The minimum Gasteiger partial charge on any atom is -0.480 e. The molecule has 120 valence electrons. The molecule has 2 amide bonds. The molecule has 0 radical (unpaired) electrons. The Hall–Kier alpha value is -1.63. The fraction of sp³-hybridized carbons (Fsp3) is 0.786. The largest absolute Gasteiger partial charge is 0.480 e. The van der Waals surface area contributed by atoms with Crippen molar-refractivity contribution < 1.29 is 19.5 Å². The van der Waals surface area contributed by atoms with Crippen LogP contribution in [0.4, 0.5) is 0 Å². The number of carboxylic acid groups (broad SMARTS) is 1. The molecule has 1 saturated carbocycles. The average Bonchev–Trinajstić information content (AvgIpc) is 2.34. The SMILES string of the molecule is CC1C(N)CCC(C(=O)N[C@@H](CC(N)=O)C(=O)O)C1(C)C. The number of hydrogen-bond acceptors (Lipinski definition) is 4. The van der Waals surface area contributed by atoms with E-state index < -0.39 is 24.3 Å². The van der Waals surface area contributed by atoms with Crippen LogP contribution in [-0.2, 0) is 14.4 Å². The molecule has 0 aromatic rings. The number of carboxylic acids is 1. The third-order valence-electron chi connectivity index (χ3n) is 4.84. The minimum absolute atomic E-state index is 0.0324. The van der Waals surface area contributed by atoms with Crippen LogP contribution in [0.5, 0.6) is 0 Å². The van der Waals surface area contributed by atoms with Gasteiger partial charge >= 0.3 is 5.97 Å². The van der Waals surface area contributed by atoms with Gasteiger partial charge in [-0.1, -0.05) is 20.8 Å². The Morgan fingerprint density at radius 2 is 1.90 bits per heavy atom. The second-order valence-corrected chi connectivity index (χ2v) is 6.47. The lowest BCUT2D eigenvalue weighted by Gasteiger charge is -2.46. The molecule has 1 fully saturated rings. The zero-order valence-electron chi connectivity index (χ0n) is 12.8. The van der Waals surface area contributed by atoms with Crippen LogP contribution in [0.25, 0.3) is 0 Å². The molecule has 21 heavy (non-hydrogen) atoms. The number of nitrogens with one attached hydrogen (secondary N) is 1. The molecule has 4 atom stereocenters. The van der Waals surface area contributed by atoms with Crippen molar-refractivity contribution >= 4 is 17.8 Å². The van der Waals surface area contributed by atoms with Gasteiger partial charge in [0, 0.05) is 12.0 Å². The summed E-state index contributed by atoms with van der Waals surface area (Å²) in [5, 5.41) is 11.5. The summed E-state index contributed by atoms with van der Waals surface area (Å²) in [4.78, 5) is 34.4. The molecule has 6 N–H and O–H groups in total. The van der Waals surface area contributed by atoms with Crippen molar-refractivity contribution in [1.82, 2.24) is 5.32 Å². The highest BCUT2D eigenvalue weighted by molar-refractivity contribution is 5.89. The number of hydrogen-bond donors (Lipinski definition) is 4. The van der Waals surface area contributed by atoms with Gasteiger partial charge in [-0.15, -0.1) is 0 Å². The molecule has 1 rings (SSSR count). The predicted octanol–water partition coefficient (Wildman–Crippen LogP) is -0.169. The van der Waals surface area contributed by atoms with Crippen LogP contribution in [0, 0.1) is 17.3 Å². The Morgan fingerprint density at radius 3 is 2.38 bits per heavy atom. The number of primary amides is 1. The van der Waals surface area contributed by atoms with Crippen molar-refractivity contribution in [3.8, 4) is 0 Å². The molecule has 7 nitrogen and oxygen atoms in total. The first-order valence-electron chi connectivity index (χ1n) is 7.14. The summed E-state index contributed by atoms with van der Waals surface area (Å²) in [5.74, 6) is -2.57. The van der Waals surface area contributed by atoms with Crippen LogP contribution < -0.4 is 16.8 Å². The van der Waals surface area contributed by atoms with Gasteiger partial charge in [-0.2, -0.15) is 0 Å². The molecule has 0 aromatic heterocycles. The number of carbonyl (C=O) groups is 3. The summed E-state index contributed by atoms with van der Waals surface area (Å²) < 4.78 is 0. The van der Waals surface area contributed by atoms with E-state index in [-0.39, 0.29) is 29.2 Å². The third-order valence-corrected chi connectivity index (χ3v) is 4.84. The van der Waals surface area contributed by atoms with Crippen LogP contribution >= 0.6 is 0 Å². The highest BCUT2D eigenvalue weighted by atomic mass is 16.4. The molecule has 0 heterocycles. The van der Waals surface area contributed by atoms with Crippen molar-refractivity contribution in [3.63, 3.8) is 0 Å². The Morgan fingerprint density at radius 1 is 1.33 bits per heavy atom. The molecule has 0 aromatic carbocycles. The number of aliphatic carboxylic acids is 1. The average molecular weight is 299 g/mol. The van der Waals surface area contributed by atoms with Gasteiger partial charge in [-0.05, 0) is 24.2 Å². The molecule has 0 saturated heterocycles. The lowest BCUT2D eigenvalue weighted by molar-refractivity contribution is -0.145. The molecule has 1 aliphatic rings. The number of nitrogens with two attached hydrogens (primary N) is 2. The van der Waals surface area contributed by atoms with Gasteiger partial charge in [0.05, 0.1) is 6.42 Å². The summed E-state index contributed by atoms with van der Waals surface area (Å²) in [5.41, 5.74) is 10.7. The fourth-order valence-electron chi connectivity index (χ4n) is 2.99. The van der Waals surface area contributed by atoms with Gasteiger partial charge in [0.2, 0.25) is 11.8 Å². The fourth-order valence-corrected chi connectivity index (χ4v) is 2.99. The first-order chi connectivity index (χ1) is 9.57. The summed E-state index contributed by atoms with van der Waals surface area (Å²) in [6.45, 7) is 5.93. The normalized spacial score (nSPS) is 29.4. The minimum atomic E-state index is -1.28. The molecule has 1 aliphatic carbocycles. The van der Waals surface area contributed by atoms with E-state index in [0.717, 1.165) is 6.42 Å². The molecule has 0 spiro atoms. The standard InChI is InChI=1S/C14H25N3O4/c1-7-9(15)5-4-8(14(7,2)3)12(19)17-10(13(20)21)6-11(16)18/h7-10H,4-6,15H2,1-3H3,(H2,16,18)(H,17,19)(H,20,21)/t7?,8?,9?,10-/m0/s1. The molecule has 0 bridgehead atoms. The monoisotopic (exact) mass is 299 g/mol. The first kappa shape index (κ1) is 17.4. The van der Waals surface area contributed by atoms with E-state index in [0.29, 0.717) is 6.42 Å². The van der Waals surface area contributed by atoms with Crippen molar-refractivity contribution in [2.45, 2.75) is 52.1 Å². The Kier molecular flexibility index (Phi) is 5.33. The zero-order valence-corrected chi connectivity index (χ0v) is 12.8. The lowest BCUT2D eigenvalue weighted by Crippen LogP contribution is -2.54. The van der Waals surface area contributed by atoms with Gasteiger partial charge in [-0.3, -0.25) is 9.59 Å². The maximum Gasteiger partial charge on any atom is 0.326 e. The maximum absolute atomic E-state index is 12.4. The highest BCUT2D eigenvalue weighted by Gasteiger charge is 2.45. The number of amides is 2. The highest BCUT2D eigenvalue weighted by Crippen LogP contribution is 2.44. The van der Waals surface area contributed by atoms with E-state index in [9.17, 15) is 14.4 Å². The first-order valence-corrected chi connectivity index (χ1v) is 7.14. The summed E-state index contributed by atoms with van der Waals surface area (Å²) >= 11 is 0. The molecule has 0 aliphatic heterocycles. The van der Waals surface area contributed by atoms with Gasteiger partial charge in [-0.25, -0.2) is 4.79 Å².